The molecule has 118 valence electrons. The molecule has 0 bridgehead atoms. The average molecular weight is 305 g/mol. The van der Waals surface area contributed by atoms with E-state index in [0.29, 0.717) is 13.2 Å². The average Bonchev–Trinajstić information content (AvgIpc) is 2.98. The van der Waals surface area contributed by atoms with Crippen molar-refractivity contribution in [2.45, 2.75) is 13.0 Å². The molecule has 1 aromatic carbocycles. The van der Waals surface area contributed by atoms with Gasteiger partial charge in [0, 0.05) is 12.2 Å². The normalized spacial score (nSPS) is 17.3. The monoisotopic (exact) mass is 305 g/mol. The molecule has 22 heavy (non-hydrogen) atoms. The highest BCUT2D eigenvalue weighted by Gasteiger charge is 2.36. The number of amides is 2. The van der Waals surface area contributed by atoms with Crippen molar-refractivity contribution in [3.8, 4) is 0 Å². The molecule has 1 unspecified atom stereocenters. The highest BCUT2D eigenvalue weighted by molar-refractivity contribution is 5.91. The topological polar surface area (TPSA) is 79.0 Å². The number of anilines is 1. The van der Waals surface area contributed by atoms with E-state index in [9.17, 15) is 14.4 Å². The van der Waals surface area contributed by atoms with Crippen LogP contribution in [0.3, 0.4) is 0 Å². The summed E-state index contributed by atoms with van der Waals surface area (Å²) in [6.07, 6.45) is -0.674. The number of hydrogen-bond acceptors (Lipinski definition) is 5. The van der Waals surface area contributed by atoms with E-state index in [1.165, 1.54) is 18.9 Å². The fourth-order valence-corrected chi connectivity index (χ4v) is 2.40. The van der Waals surface area contributed by atoms with E-state index in [0.717, 1.165) is 5.69 Å². The van der Waals surface area contributed by atoms with Crippen LogP contribution in [0, 0.1) is 0 Å². The van der Waals surface area contributed by atoms with E-state index < -0.39 is 12.1 Å². The molecule has 0 aromatic heterocycles. The summed E-state index contributed by atoms with van der Waals surface area (Å²) in [5.41, 5.74) is 0.949. The van der Waals surface area contributed by atoms with Crippen molar-refractivity contribution in [3.63, 3.8) is 0 Å². The lowest BCUT2D eigenvalue weighted by Crippen LogP contribution is -2.45. The zero-order valence-electron chi connectivity index (χ0n) is 12.6. The molecule has 1 heterocycles. The van der Waals surface area contributed by atoms with Gasteiger partial charge in [0.2, 0.25) is 5.91 Å². The number of ketones is 1. The first-order valence-corrected chi connectivity index (χ1v) is 6.94. The number of nitrogens with one attached hydrogen (secondary N) is 1. The number of alkyl carbamates (subject to hydrolysis) is 1. The highest BCUT2D eigenvalue weighted by atomic mass is 16.5. The first kappa shape index (κ1) is 15.8. The van der Waals surface area contributed by atoms with Gasteiger partial charge in [0.05, 0.1) is 13.8 Å². The van der Waals surface area contributed by atoms with E-state index >= 15 is 0 Å². The fraction of sp³-hybridized carbons (Fsp3) is 0.400. The summed E-state index contributed by atoms with van der Waals surface area (Å²) in [6.45, 7) is 2.03. The Balaban J connectivity index is 2.07. The minimum Gasteiger partial charge on any atom is -0.453 e. The van der Waals surface area contributed by atoms with Crippen LogP contribution in [0.15, 0.2) is 30.3 Å². The largest absolute Gasteiger partial charge is 0.453 e. The maximum absolute atomic E-state index is 12.2. The van der Waals surface area contributed by atoms with E-state index in [4.69, 9.17) is 0 Å². The van der Waals surface area contributed by atoms with Crippen molar-refractivity contribution in [1.82, 2.24) is 10.2 Å². The second kappa shape index (κ2) is 6.93. The van der Waals surface area contributed by atoms with Crippen LogP contribution in [0.2, 0.25) is 0 Å². The van der Waals surface area contributed by atoms with Gasteiger partial charge in [-0.15, -0.1) is 0 Å². The van der Waals surface area contributed by atoms with Crippen molar-refractivity contribution >= 4 is 23.5 Å². The van der Waals surface area contributed by atoms with Gasteiger partial charge in [-0.2, -0.15) is 0 Å². The zero-order chi connectivity index (χ0) is 16.1. The predicted molar refractivity (Wildman–Crippen MR) is 80.4 cm³/mol. The summed E-state index contributed by atoms with van der Waals surface area (Å²) in [7, 11) is 1.23. The molecule has 1 saturated heterocycles. The number of ether oxygens (including phenoxy) is 1. The molecule has 1 aromatic rings. The first-order valence-electron chi connectivity index (χ1n) is 6.94. The SMILES string of the molecule is COC(=O)NCC(=O)N1CN(c2ccccc2)CC1C(C)=O. The number of hydrogen-bond donors (Lipinski definition) is 1. The minimum absolute atomic E-state index is 0.0788. The van der Waals surface area contributed by atoms with Crippen LogP contribution >= 0.6 is 0 Å². The van der Waals surface area contributed by atoms with Gasteiger partial charge in [0.1, 0.15) is 12.6 Å². The Kier molecular flexibility index (Phi) is 4.98. The van der Waals surface area contributed by atoms with Crippen molar-refractivity contribution in [2.75, 3.05) is 31.8 Å². The van der Waals surface area contributed by atoms with Crippen LogP contribution in [0.4, 0.5) is 10.5 Å². The fourth-order valence-electron chi connectivity index (χ4n) is 2.40. The molecule has 1 atom stereocenters. The Morgan fingerprint density at radius 1 is 1.27 bits per heavy atom. The van der Waals surface area contributed by atoms with Gasteiger partial charge in [-0.05, 0) is 19.1 Å². The van der Waals surface area contributed by atoms with E-state index in [1.807, 2.05) is 35.2 Å². The molecule has 1 aliphatic rings. The van der Waals surface area contributed by atoms with Crippen LogP contribution < -0.4 is 10.2 Å². The van der Waals surface area contributed by atoms with Gasteiger partial charge in [0.15, 0.2) is 5.78 Å². The lowest BCUT2D eigenvalue weighted by atomic mass is 10.2. The molecule has 2 rings (SSSR count). The third-order valence-electron chi connectivity index (χ3n) is 3.57. The molecular formula is C15H19N3O4. The predicted octanol–water partition coefficient (Wildman–Crippen LogP) is 0.606. The summed E-state index contributed by atoms with van der Waals surface area (Å²) >= 11 is 0. The van der Waals surface area contributed by atoms with Gasteiger partial charge in [0.25, 0.3) is 0 Å². The van der Waals surface area contributed by atoms with Crippen LogP contribution in [-0.2, 0) is 14.3 Å². The van der Waals surface area contributed by atoms with Crippen molar-refractivity contribution in [1.29, 1.82) is 0 Å². The third-order valence-corrected chi connectivity index (χ3v) is 3.57. The van der Waals surface area contributed by atoms with Crippen molar-refractivity contribution in [3.05, 3.63) is 30.3 Å². The Morgan fingerprint density at radius 2 is 1.95 bits per heavy atom. The van der Waals surface area contributed by atoms with Gasteiger partial charge in [-0.3, -0.25) is 9.59 Å². The van der Waals surface area contributed by atoms with Crippen LogP contribution in [0.25, 0.3) is 0 Å². The molecule has 2 amide bonds. The lowest BCUT2D eigenvalue weighted by molar-refractivity contribution is -0.135. The standard InChI is InChI=1S/C15H19N3O4/c1-11(19)13-9-17(12-6-4-3-5-7-12)10-18(13)14(20)8-16-15(21)22-2/h3-7,13H,8-10H2,1-2H3,(H,16,21). The Labute approximate surface area is 128 Å². The second-order valence-corrected chi connectivity index (χ2v) is 5.03. The van der Waals surface area contributed by atoms with Crippen molar-refractivity contribution < 1.29 is 19.1 Å². The van der Waals surface area contributed by atoms with E-state index in [1.54, 1.807) is 0 Å². The summed E-state index contributed by atoms with van der Waals surface area (Å²) in [5, 5.41) is 2.34. The number of benzene rings is 1. The maximum Gasteiger partial charge on any atom is 0.407 e. The van der Waals surface area contributed by atoms with E-state index in [-0.39, 0.29) is 18.2 Å². The van der Waals surface area contributed by atoms with Crippen LogP contribution in [-0.4, -0.2) is 55.6 Å². The number of carbonyl (C=O) groups is 3. The van der Waals surface area contributed by atoms with E-state index in [2.05, 4.69) is 10.1 Å². The summed E-state index contributed by atoms with van der Waals surface area (Å²) in [5.74, 6) is -0.395. The molecule has 0 aliphatic carbocycles. The number of Topliss-reactive ketones (excluding diaryl/α,β-unsaturated/α-hetero) is 1. The second-order valence-electron chi connectivity index (χ2n) is 5.03. The molecular weight excluding hydrogens is 286 g/mol. The Hall–Kier alpha value is -2.57. The van der Waals surface area contributed by atoms with Crippen LogP contribution in [0.5, 0.6) is 0 Å². The molecule has 0 saturated carbocycles. The minimum atomic E-state index is -0.674. The molecule has 1 fully saturated rings. The molecule has 7 heteroatoms. The van der Waals surface area contributed by atoms with Gasteiger partial charge in [-0.25, -0.2) is 4.79 Å². The van der Waals surface area contributed by atoms with Crippen LogP contribution in [0.1, 0.15) is 6.92 Å². The number of nitrogens with zero attached hydrogens (tertiary/aromatic N) is 2. The summed E-state index contributed by atoms with van der Waals surface area (Å²) in [6, 6.07) is 9.07. The number of rotatable bonds is 4. The molecule has 7 nitrogen and oxygen atoms in total. The van der Waals surface area contributed by atoms with Gasteiger partial charge >= 0.3 is 6.09 Å². The molecule has 1 aliphatic heterocycles. The summed E-state index contributed by atoms with van der Waals surface area (Å²) in [4.78, 5) is 38.5. The quantitative estimate of drug-likeness (QED) is 0.881. The Morgan fingerprint density at radius 3 is 2.55 bits per heavy atom. The third kappa shape index (κ3) is 3.55. The summed E-state index contributed by atoms with van der Waals surface area (Å²) < 4.78 is 4.43. The Bertz CT molecular complexity index is 561. The number of carbonyl (C=O) groups excluding carboxylic acids is 3. The lowest BCUT2D eigenvalue weighted by Gasteiger charge is -2.21. The smallest absolute Gasteiger partial charge is 0.407 e. The highest BCUT2D eigenvalue weighted by Crippen LogP contribution is 2.22. The maximum atomic E-state index is 12.2. The number of para-hydroxylation sites is 1. The van der Waals surface area contributed by atoms with Gasteiger partial charge in [-0.1, -0.05) is 18.2 Å². The molecule has 1 N–H and O–H groups in total. The first-order chi connectivity index (χ1) is 10.5. The van der Waals surface area contributed by atoms with Crippen molar-refractivity contribution in [2.24, 2.45) is 0 Å². The van der Waals surface area contributed by atoms with Gasteiger partial charge < -0.3 is 19.9 Å². The zero-order valence-corrected chi connectivity index (χ0v) is 12.6. The molecule has 0 spiro atoms. The molecule has 0 radical (unpaired) electrons. The number of methoxy groups -OCH3 is 1.